The fourth-order valence-electron chi connectivity index (χ4n) is 1.83. The molecule has 19 heavy (non-hydrogen) atoms. The van der Waals surface area contributed by atoms with Crippen LogP contribution in [0, 0.1) is 0 Å². The van der Waals surface area contributed by atoms with Gasteiger partial charge in [-0.2, -0.15) is 0 Å². The fraction of sp³-hybridized carbons (Fsp3) is 0.0769. The molecule has 0 bridgehead atoms. The molecule has 1 aromatic carbocycles. The SMILES string of the molecule is O=C(O)Cc1cn2cc(-c3ccc(Br)cc3)nc2s1. The van der Waals surface area contributed by atoms with Gasteiger partial charge in [0.25, 0.3) is 0 Å². The van der Waals surface area contributed by atoms with Gasteiger partial charge in [-0.15, -0.1) is 11.3 Å². The molecule has 0 aliphatic carbocycles. The van der Waals surface area contributed by atoms with Gasteiger partial charge in [0.05, 0.1) is 12.1 Å². The van der Waals surface area contributed by atoms with Crippen molar-refractivity contribution in [3.05, 3.63) is 46.0 Å². The summed E-state index contributed by atoms with van der Waals surface area (Å²) >= 11 is 4.80. The number of imidazole rings is 1. The molecule has 0 spiro atoms. The first-order valence-electron chi connectivity index (χ1n) is 5.57. The molecular formula is C13H9BrN2O2S. The number of carbonyl (C=O) groups is 1. The minimum absolute atomic E-state index is 0.0433. The van der Waals surface area contributed by atoms with Crippen LogP contribution in [0.3, 0.4) is 0 Å². The number of benzene rings is 1. The van der Waals surface area contributed by atoms with E-state index in [-0.39, 0.29) is 6.42 Å². The third kappa shape index (κ3) is 2.54. The Bertz CT molecular complexity index is 714. The second-order valence-corrected chi connectivity index (χ2v) is 6.10. The van der Waals surface area contributed by atoms with E-state index in [4.69, 9.17) is 5.11 Å². The Labute approximate surface area is 121 Å². The topological polar surface area (TPSA) is 54.6 Å². The van der Waals surface area contributed by atoms with Gasteiger partial charge in [0.1, 0.15) is 0 Å². The molecule has 96 valence electrons. The molecule has 1 N–H and O–H groups in total. The van der Waals surface area contributed by atoms with E-state index in [0.717, 1.165) is 25.6 Å². The third-order valence-corrected chi connectivity index (χ3v) is 4.19. The molecule has 2 aromatic heterocycles. The number of rotatable bonds is 3. The van der Waals surface area contributed by atoms with E-state index in [1.165, 1.54) is 11.3 Å². The molecule has 2 heterocycles. The first-order chi connectivity index (χ1) is 9.11. The Kier molecular flexibility index (Phi) is 3.12. The van der Waals surface area contributed by atoms with Crippen LogP contribution < -0.4 is 0 Å². The van der Waals surface area contributed by atoms with E-state index < -0.39 is 5.97 Å². The quantitative estimate of drug-likeness (QED) is 0.796. The Morgan fingerprint density at radius 2 is 2.05 bits per heavy atom. The number of hydrogen-bond donors (Lipinski definition) is 1. The van der Waals surface area contributed by atoms with Gasteiger partial charge in [-0.05, 0) is 12.1 Å². The number of carboxylic acids is 1. The van der Waals surface area contributed by atoms with Gasteiger partial charge in [0.2, 0.25) is 0 Å². The Morgan fingerprint density at radius 1 is 1.32 bits per heavy atom. The second kappa shape index (κ2) is 4.79. The minimum Gasteiger partial charge on any atom is -0.481 e. The van der Waals surface area contributed by atoms with Gasteiger partial charge in [0.15, 0.2) is 4.96 Å². The predicted molar refractivity (Wildman–Crippen MR) is 77.5 cm³/mol. The summed E-state index contributed by atoms with van der Waals surface area (Å²) in [6.45, 7) is 0. The van der Waals surface area contributed by atoms with Gasteiger partial charge in [-0.1, -0.05) is 28.1 Å². The zero-order chi connectivity index (χ0) is 13.4. The minimum atomic E-state index is -0.822. The highest BCUT2D eigenvalue weighted by Crippen LogP contribution is 2.25. The van der Waals surface area contributed by atoms with Crippen LogP contribution in [0.15, 0.2) is 41.1 Å². The number of carboxylic acid groups (broad SMARTS) is 1. The van der Waals surface area contributed by atoms with Crippen molar-refractivity contribution in [1.29, 1.82) is 0 Å². The van der Waals surface area contributed by atoms with Crippen molar-refractivity contribution < 1.29 is 9.90 Å². The number of fused-ring (bicyclic) bond motifs is 1. The third-order valence-electron chi connectivity index (χ3n) is 2.67. The normalized spacial score (nSPS) is 11.0. The summed E-state index contributed by atoms with van der Waals surface area (Å²) in [5.41, 5.74) is 1.93. The molecule has 3 aromatic rings. The molecule has 0 fully saturated rings. The van der Waals surface area contributed by atoms with Crippen molar-refractivity contribution in [1.82, 2.24) is 9.38 Å². The van der Waals surface area contributed by atoms with E-state index in [2.05, 4.69) is 20.9 Å². The lowest BCUT2D eigenvalue weighted by molar-refractivity contribution is -0.136. The summed E-state index contributed by atoms with van der Waals surface area (Å²) in [7, 11) is 0. The fourth-order valence-corrected chi connectivity index (χ4v) is 3.05. The lowest BCUT2D eigenvalue weighted by Crippen LogP contribution is -1.97. The average Bonchev–Trinajstić information content (AvgIpc) is 2.86. The van der Waals surface area contributed by atoms with Crippen LogP contribution in [-0.4, -0.2) is 20.5 Å². The van der Waals surface area contributed by atoms with E-state index in [9.17, 15) is 4.79 Å². The van der Waals surface area contributed by atoms with E-state index in [1.807, 2.05) is 41.1 Å². The summed E-state index contributed by atoms with van der Waals surface area (Å²) in [4.78, 5) is 16.8. The largest absolute Gasteiger partial charge is 0.481 e. The summed E-state index contributed by atoms with van der Waals surface area (Å²) < 4.78 is 2.90. The van der Waals surface area contributed by atoms with Crippen molar-refractivity contribution in [2.75, 3.05) is 0 Å². The van der Waals surface area contributed by atoms with E-state index in [1.54, 1.807) is 0 Å². The average molecular weight is 337 g/mol. The van der Waals surface area contributed by atoms with Crippen molar-refractivity contribution >= 4 is 38.2 Å². The number of nitrogens with zero attached hydrogens (tertiary/aromatic N) is 2. The monoisotopic (exact) mass is 336 g/mol. The highest BCUT2D eigenvalue weighted by atomic mass is 79.9. The van der Waals surface area contributed by atoms with Crippen LogP contribution in [0.1, 0.15) is 4.88 Å². The molecule has 3 rings (SSSR count). The number of thiazole rings is 1. The molecule has 0 amide bonds. The molecule has 0 aliphatic heterocycles. The van der Waals surface area contributed by atoms with Gasteiger partial charge < -0.3 is 5.11 Å². The van der Waals surface area contributed by atoms with Crippen LogP contribution >= 0.6 is 27.3 Å². The zero-order valence-electron chi connectivity index (χ0n) is 9.71. The van der Waals surface area contributed by atoms with Gasteiger partial charge in [-0.3, -0.25) is 9.20 Å². The van der Waals surface area contributed by atoms with Gasteiger partial charge in [-0.25, -0.2) is 4.98 Å². The van der Waals surface area contributed by atoms with Crippen LogP contribution in [0.4, 0.5) is 0 Å². The molecule has 0 radical (unpaired) electrons. The summed E-state index contributed by atoms with van der Waals surface area (Å²) in [5.74, 6) is -0.822. The maximum atomic E-state index is 10.7. The van der Waals surface area contributed by atoms with E-state index >= 15 is 0 Å². The first-order valence-corrected chi connectivity index (χ1v) is 7.18. The molecule has 4 nitrogen and oxygen atoms in total. The first kappa shape index (κ1) is 12.4. The predicted octanol–water partition coefficient (Wildman–Crippen LogP) is 3.45. The number of aliphatic carboxylic acids is 1. The molecule has 6 heteroatoms. The Hall–Kier alpha value is -1.66. The standard InChI is InChI=1S/C13H9BrN2O2S/c14-9-3-1-8(2-4-9)11-7-16-6-10(5-12(17)18)19-13(16)15-11/h1-4,6-7H,5H2,(H,17,18). The van der Waals surface area contributed by atoms with Crippen molar-refractivity contribution in [2.45, 2.75) is 6.42 Å². The van der Waals surface area contributed by atoms with Crippen molar-refractivity contribution in [3.63, 3.8) is 0 Å². The van der Waals surface area contributed by atoms with Crippen LogP contribution in [-0.2, 0) is 11.2 Å². The molecule has 0 saturated carbocycles. The number of halogens is 1. The highest BCUT2D eigenvalue weighted by Gasteiger charge is 2.10. The second-order valence-electron chi connectivity index (χ2n) is 4.09. The molecule has 0 atom stereocenters. The van der Waals surface area contributed by atoms with Crippen molar-refractivity contribution in [3.8, 4) is 11.3 Å². The summed E-state index contributed by atoms with van der Waals surface area (Å²) in [6, 6.07) is 7.93. The molecule has 0 saturated heterocycles. The number of hydrogen-bond acceptors (Lipinski definition) is 3. The smallest absolute Gasteiger partial charge is 0.308 e. The summed E-state index contributed by atoms with van der Waals surface area (Å²) in [5, 5.41) is 8.76. The Balaban J connectivity index is 1.96. The van der Waals surface area contributed by atoms with Crippen LogP contribution in [0.25, 0.3) is 16.2 Å². The zero-order valence-corrected chi connectivity index (χ0v) is 12.1. The maximum absolute atomic E-state index is 10.7. The van der Waals surface area contributed by atoms with Gasteiger partial charge >= 0.3 is 5.97 Å². The molecular weight excluding hydrogens is 328 g/mol. The lowest BCUT2D eigenvalue weighted by Gasteiger charge is -1.95. The van der Waals surface area contributed by atoms with E-state index in [0.29, 0.717) is 0 Å². The van der Waals surface area contributed by atoms with Crippen molar-refractivity contribution in [2.24, 2.45) is 0 Å². The highest BCUT2D eigenvalue weighted by molar-refractivity contribution is 9.10. The van der Waals surface area contributed by atoms with Crippen LogP contribution in [0.2, 0.25) is 0 Å². The van der Waals surface area contributed by atoms with Gasteiger partial charge in [0, 0.05) is 27.3 Å². The Morgan fingerprint density at radius 3 is 2.68 bits per heavy atom. The van der Waals surface area contributed by atoms with Crippen LogP contribution in [0.5, 0.6) is 0 Å². The lowest BCUT2D eigenvalue weighted by atomic mass is 10.2. The molecule has 0 aliphatic rings. The molecule has 0 unspecified atom stereocenters. The maximum Gasteiger partial charge on any atom is 0.308 e. The summed E-state index contributed by atoms with van der Waals surface area (Å²) in [6.07, 6.45) is 3.78. The number of aromatic nitrogens is 2.